The summed E-state index contributed by atoms with van der Waals surface area (Å²) in [5.74, 6) is 6.13. The van der Waals surface area contributed by atoms with Crippen molar-refractivity contribution < 1.29 is 0 Å². The van der Waals surface area contributed by atoms with Crippen LogP contribution in [0.3, 0.4) is 0 Å². The first-order valence-electron chi connectivity index (χ1n) is 5.73. The molecule has 0 unspecified atom stereocenters. The van der Waals surface area contributed by atoms with Crippen LogP contribution in [0.2, 0.25) is 15.1 Å². The zero-order valence-corrected chi connectivity index (χ0v) is 12.0. The van der Waals surface area contributed by atoms with E-state index in [0.717, 1.165) is 32.7 Å². The number of nitrogens with one attached hydrogen (secondary N) is 1. The van der Waals surface area contributed by atoms with Gasteiger partial charge in [-0.15, -0.1) is 0 Å². The van der Waals surface area contributed by atoms with Crippen LogP contribution in [0.5, 0.6) is 0 Å². The average Bonchev–Trinajstić information content (AvgIpc) is 2.34. The van der Waals surface area contributed by atoms with Gasteiger partial charge in [0.15, 0.2) is 0 Å². The zero-order valence-electron chi connectivity index (χ0n) is 9.77. The molecule has 1 aromatic rings. The third kappa shape index (κ3) is 3.78. The third-order valence-electron chi connectivity index (χ3n) is 2.73. The number of halogens is 3. The van der Waals surface area contributed by atoms with Crippen LogP contribution in [-0.2, 0) is 0 Å². The van der Waals surface area contributed by atoms with Gasteiger partial charge in [-0.2, -0.15) is 0 Å². The standard InChI is InChI=1S/C13H13Cl3N2/c14-10-8-12(15)11(13(16)9-10)2-1-5-18-6-3-17-4-7-18/h8-9,17H,3-7H2. The Morgan fingerprint density at radius 3 is 2.33 bits per heavy atom. The Kier molecular flexibility index (Phi) is 5.17. The molecule has 0 saturated carbocycles. The lowest BCUT2D eigenvalue weighted by Crippen LogP contribution is -2.43. The predicted molar refractivity (Wildman–Crippen MR) is 77.7 cm³/mol. The third-order valence-corrected chi connectivity index (χ3v) is 3.55. The van der Waals surface area contributed by atoms with Crippen LogP contribution in [0.15, 0.2) is 12.1 Å². The van der Waals surface area contributed by atoms with Crippen molar-refractivity contribution >= 4 is 34.8 Å². The van der Waals surface area contributed by atoms with Crippen molar-refractivity contribution in [3.8, 4) is 11.8 Å². The van der Waals surface area contributed by atoms with E-state index in [1.807, 2.05) is 0 Å². The molecule has 0 radical (unpaired) electrons. The molecular formula is C13H13Cl3N2. The molecule has 0 amide bonds. The van der Waals surface area contributed by atoms with E-state index in [4.69, 9.17) is 34.8 Å². The van der Waals surface area contributed by atoms with Gasteiger partial charge in [-0.1, -0.05) is 46.6 Å². The minimum Gasteiger partial charge on any atom is -0.314 e. The van der Waals surface area contributed by atoms with E-state index in [-0.39, 0.29) is 0 Å². The molecule has 18 heavy (non-hydrogen) atoms. The summed E-state index contributed by atoms with van der Waals surface area (Å²) in [5, 5.41) is 4.83. The molecule has 0 aliphatic carbocycles. The topological polar surface area (TPSA) is 15.3 Å². The molecule has 1 fully saturated rings. The van der Waals surface area contributed by atoms with Crippen LogP contribution in [0, 0.1) is 11.8 Å². The molecule has 1 aromatic carbocycles. The highest BCUT2D eigenvalue weighted by atomic mass is 35.5. The lowest BCUT2D eigenvalue weighted by Gasteiger charge is -2.24. The molecule has 2 rings (SSSR count). The highest BCUT2D eigenvalue weighted by Crippen LogP contribution is 2.27. The van der Waals surface area contributed by atoms with E-state index in [9.17, 15) is 0 Å². The van der Waals surface area contributed by atoms with Crippen LogP contribution in [0.4, 0.5) is 0 Å². The van der Waals surface area contributed by atoms with Gasteiger partial charge < -0.3 is 5.32 Å². The van der Waals surface area contributed by atoms with Gasteiger partial charge in [0.1, 0.15) is 0 Å². The normalized spacial score (nSPS) is 16.2. The maximum absolute atomic E-state index is 6.06. The first-order valence-corrected chi connectivity index (χ1v) is 6.86. The lowest BCUT2D eigenvalue weighted by atomic mass is 10.2. The minimum absolute atomic E-state index is 0.500. The summed E-state index contributed by atoms with van der Waals surface area (Å²) in [7, 11) is 0. The molecule has 1 aliphatic heterocycles. The molecule has 1 N–H and O–H groups in total. The number of hydrogen-bond acceptors (Lipinski definition) is 2. The summed E-state index contributed by atoms with van der Waals surface area (Å²) >= 11 is 18.0. The molecular weight excluding hydrogens is 291 g/mol. The summed E-state index contributed by atoms with van der Waals surface area (Å²) in [6, 6.07) is 3.31. The molecule has 0 bridgehead atoms. The van der Waals surface area contributed by atoms with E-state index in [1.54, 1.807) is 12.1 Å². The molecule has 1 saturated heterocycles. The molecule has 96 valence electrons. The fourth-order valence-corrected chi connectivity index (χ4v) is 2.68. The largest absolute Gasteiger partial charge is 0.314 e. The van der Waals surface area contributed by atoms with Crippen molar-refractivity contribution in [2.45, 2.75) is 0 Å². The molecule has 0 atom stereocenters. The van der Waals surface area contributed by atoms with E-state index in [1.165, 1.54) is 0 Å². The van der Waals surface area contributed by atoms with Crippen LogP contribution < -0.4 is 5.32 Å². The van der Waals surface area contributed by atoms with Crippen LogP contribution in [-0.4, -0.2) is 37.6 Å². The quantitative estimate of drug-likeness (QED) is 0.803. The Morgan fingerprint density at radius 2 is 1.72 bits per heavy atom. The second-order valence-corrected chi connectivity index (χ2v) is 5.32. The number of benzene rings is 1. The highest BCUT2D eigenvalue weighted by Gasteiger charge is 2.08. The fourth-order valence-electron chi connectivity index (χ4n) is 1.77. The maximum Gasteiger partial charge on any atom is 0.0619 e. The van der Waals surface area contributed by atoms with Gasteiger partial charge in [0.25, 0.3) is 0 Å². The van der Waals surface area contributed by atoms with E-state index >= 15 is 0 Å². The van der Waals surface area contributed by atoms with Gasteiger partial charge in [-0.25, -0.2) is 0 Å². The molecule has 1 aliphatic rings. The fraction of sp³-hybridized carbons (Fsp3) is 0.385. The Hall–Kier alpha value is -0.430. The molecule has 0 aromatic heterocycles. The Labute approximate surface area is 122 Å². The summed E-state index contributed by atoms with van der Waals surface area (Å²) in [5.41, 5.74) is 0.651. The van der Waals surface area contributed by atoms with Crippen molar-refractivity contribution in [2.24, 2.45) is 0 Å². The number of hydrogen-bond donors (Lipinski definition) is 1. The summed E-state index contributed by atoms with van der Waals surface area (Å²) < 4.78 is 0. The van der Waals surface area contributed by atoms with Crippen molar-refractivity contribution in [1.29, 1.82) is 0 Å². The van der Waals surface area contributed by atoms with E-state index < -0.39 is 0 Å². The van der Waals surface area contributed by atoms with Crippen molar-refractivity contribution in [1.82, 2.24) is 10.2 Å². The van der Waals surface area contributed by atoms with Crippen molar-refractivity contribution in [3.05, 3.63) is 32.8 Å². The van der Waals surface area contributed by atoms with Crippen LogP contribution in [0.25, 0.3) is 0 Å². The van der Waals surface area contributed by atoms with Gasteiger partial charge in [0.05, 0.1) is 22.2 Å². The SMILES string of the molecule is Clc1cc(Cl)c(C#CCN2CCNCC2)c(Cl)c1. The van der Waals surface area contributed by atoms with Crippen molar-refractivity contribution in [2.75, 3.05) is 32.7 Å². The van der Waals surface area contributed by atoms with E-state index in [0.29, 0.717) is 20.6 Å². The van der Waals surface area contributed by atoms with Gasteiger partial charge in [0, 0.05) is 31.2 Å². The van der Waals surface area contributed by atoms with Crippen LogP contribution >= 0.6 is 34.8 Å². The summed E-state index contributed by atoms with van der Waals surface area (Å²) in [6.45, 7) is 4.82. The zero-order chi connectivity index (χ0) is 13.0. The Bertz CT molecular complexity index is 462. The Morgan fingerprint density at radius 1 is 1.11 bits per heavy atom. The smallest absolute Gasteiger partial charge is 0.0619 e. The number of rotatable bonds is 1. The summed E-state index contributed by atoms with van der Waals surface area (Å²) in [6.07, 6.45) is 0. The Balaban J connectivity index is 2.05. The monoisotopic (exact) mass is 302 g/mol. The molecule has 0 spiro atoms. The average molecular weight is 304 g/mol. The predicted octanol–water partition coefficient (Wildman–Crippen LogP) is 2.90. The van der Waals surface area contributed by atoms with Gasteiger partial charge in [-0.3, -0.25) is 4.90 Å². The maximum atomic E-state index is 6.06. The van der Waals surface area contributed by atoms with Crippen molar-refractivity contribution in [3.63, 3.8) is 0 Å². The molecule has 2 nitrogen and oxygen atoms in total. The summed E-state index contributed by atoms with van der Waals surface area (Å²) in [4.78, 5) is 2.29. The second-order valence-electron chi connectivity index (χ2n) is 4.07. The lowest BCUT2D eigenvalue weighted by molar-refractivity contribution is 0.268. The molecule has 5 heteroatoms. The van der Waals surface area contributed by atoms with Gasteiger partial charge >= 0.3 is 0 Å². The van der Waals surface area contributed by atoms with Crippen LogP contribution in [0.1, 0.15) is 5.56 Å². The first kappa shape index (κ1) is 14.0. The minimum atomic E-state index is 0.500. The number of nitrogens with zero attached hydrogens (tertiary/aromatic N) is 1. The number of piperazine rings is 1. The first-order chi connectivity index (χ1) is 8.66. The highest BCUT2D eigenvalue weighted by molar-refractivity contribution is 6.39. The van der Waals surface area contributed by atoms with Gasteiger partial charge in [0.2, 0.25) is 0 Å². The van der Waals surface area contributed by atoms with E-state index in [2.05, 4.69) is 22.1 Å². The molecule has 1 heterocycles. The second kappa shape index (κ2) is 6.65. The van der Waals surface area contributed by atoms with Gasteiger partial charge in [-0.05, 0) is 12.1 Å².